The number of nitrogens with one attached hydrogen (secondary N) is 5. The molecular formula is C32H48N8O5. The van der Waals surface area contributed by atoms with Crippen LogP contribution in [0.25, 0.3) is 0 Å². The summed E-state index contributed by atoms with van der Waals surface area (Å²) in [6.07, 6.45) is 0.336. The van der Waals surface area contributed by atoms with Crippen LogP contribution in [-0.2, 0) is 20.8 Å². The molecule has 0 radical (unpaired) electrons. The summed E-state index contributed by atoms with van der Waals surface area (Å²) in [5.74, 6) is -1.42. The van der Waals surface area contributed by atoms with Gasteiger partial charge in [0.25, 0.3) is 0 Å². The van der Waals surface area contributed by atoms with Crippen LogP contribution in [0.15, 0.2) is 65.7 Å². The molecule has 0 fully saturated rings. The summed E-state index contributed by atoms with van der Waals surface area (Å²) in [4.78, 5) is 55.4. The Morgan fingerprint density at radius 1 is 0.867 bits per heavy atom. The van der Waals surface area contributed by atoms with Gasteiger partial charge in [-0.3, -0.25) is 19.4 Å². The fourth-order valence-electron chi connectivity index (χ4n) is 4.52. The van der Waals surface area contributed by atoms with Crippen molar-refractivity contribution in [2.24, 2.45) is 22.4 Å². The van der Waals surface area contributed by atoms with E-state index in [2.05, 4.69) is 31.6 Å². The van der Waals surface area contributed by atoms with Crippen molar-refractivity contribution >= 4 is 35.4 Å². The van der Waals surface area contributed by atoms with E-state index < -0.39 is 42.1 Å². The van der Waals surface area contributed by atoms with Crippen LogP contribution < -0.4 is 38.1 Å². The molecule has 0 saturated carbocycles. The van der Waals surface area contributed by atoms with Gasteiger partial charge in [0.15, 0.2) is 5.96 Å². The predicted molar refractivity (Wildman–Crippen MR) is 175 cm³/mol. The molecule has 0 aliphatic rings. The highest BCUT2D eigenvalue weighted by molar-refractivity contribution is 5.95. The van der Waals surface area contributed by atoms with Gasteiger partial charge in [0.2, 0.25) is 17.7 Å². The molecule has 0 spiro atoms. The Morgan fingerprint density at radius 3 is 2.13 bits per heavy atom. The van der Waals surface area contributed by atoms with Crippen molar-refractivity contribution in [2.45, 2.75) is 77.1 Å². The van der Waals surface area contributed by atoms with E-state index in [0.717, 1.165) is 5.56 Å². The maximum Gasteiger partial charge on any atom is 0.319 e. The first-order valence-corrected chi connectivity index (χ1v) is 15.2. The monoisotopic (exact) mass is 624 g/mol. The Bertz CT molecular complexity index is 1240. The second-order valence-electron chi connectivity index (χ2n) is 11.3. The standard InChI is InChI=1S/C32H48N8O5/c1-21(2)19-26(27(41)20-28(42)35-18-16-23-11-6-4-7-12-23)39-29(43)22(3)37-30(44)25(15-10-17-36-31(33)34)40-32(45)38-24-13-8-5-9-14-24/h4-9,11-14,21-22,25-27,41H,10,15-20H2,1-3H3,(H,35,42)(H,37,44)(H,39,43)(H4,33,34,36)(H2,38,40,45)/t22-,25-,26-,27-/m0/s1. The van der Waals surface area contributed by atoms with Gasteiger partial charge in [-0.05, 0) is 56.2 Å². The molecule has 5 amide bonds. The van der Waals surface area contributed by atoms with Gasteiger partial charge in [-0.2, -0.15) is 0 Å². The van der Waals surface area contributed by atoms with Crippen molar-refractivity contribution in [2.75, 3.05) is 18.4 Å². The van der Waals surface area contributed by atoms with Crippen LogP contribution in [0, 0.1) is 5.92 Å². The van der Waals surface area contributed by atoms with E-state index >= 15 is 0 Å². The number of para-hydroxylation sites is 1. The minimum absolute atomic E-state index is 0.0844. The number of rotatable bonds is 18. The second kappa shape index (κ2) is 19.6. The first-order valence-electron chi connectivity index (χ1n) is 15.2. The molecule has 0 aliphatic carbocycles. The highest BCUT2D eigenvalue weighted by atomic mass is 16.3. The first-order chi connectivity index (χ1) is 21.4. The Kier molecular flexibility index (Phi) is 15.9. The van der Waals surface area contributed by atoms with E-state index in [1.165, 1.54) is 6.92 Å². The molecular weight excluding hydrogens is 576 g/mol. The van der Waals surface area contributed by atoms with E-state index in [1.807, 2.05) is 50.2 Å². The summed E-state index contributed by atoms with van der Waals surface area (Å²) in [7, 11) is 0. The topological polar surface area (TPSA) is 213 Å². The van der Waals surface area contributed by atoms with Crippen LogP contribution in [0.4, 0.5) is 10.5 Å². The lowest BCUT2D eigenvalue weighted by atomic mass is 9.96. The molecule has 10 N–H and O–H groups in total. The summed E-state index contributed by atoms with van der Waals surface area (Å²) >= 11 is 0. The van der Waals surface area contributed by atoms with E-state index in [1.54, 1.807) is 24.3 Å². The molecule has 2 aromatic rings. The summed E-state index contributed by atoms with van der Waals surface area (Å²) in [5, 5.41) is 24.4. The molecule has 0 aliphatic heterocycles. The van der Waals surface area contributed by atoms with Crippen molar-refractivity contribution in [3.63, 3.8) is 0 Å². The number of hydrogen-bond acceptors (Lipinski definition) is 6. The zero-order chi connectivity index (χ0) is 33.2. The molecule has 45 heavy (non-hydrogen) atoms. The SMILES string of the molecule is CC(C)C[C@H](NC(=O)[C@H](C)NC(=O)[C@H](CCCN=C(N)N)NC(=O)Nc1ccccc1)[C@@H](O)CC(=O)NCCc1ccccc1. The summed E-state index contributed by atoms with van der Waals surface area (Å²) in [6, 6.07) is 15.2. The van der Waals surface area contributed by atoms with E-state index in [-0.39, 0.29) is 37.2 Å². The minimum Gasteiger partial charge on any atom is -0.390 e. The van der Waals surface area contributed by atoms with Crippen LogP contribution in [0.1, 0.15) is 52.0 Å². The molecule has 0 bridgehead atoms. The lowest BCUT2D eigenvalue weighted by Crippen LogP contribution is -2.56. The number of aliphatic imine (C=N–C) groups is 1. The Hall–Kier alpha value is -4.65. The Morgan fingerprint density at radius 2 is 1.51 bits per heavy atom. The number of amides is 5. The molecule has 0 saturated heterocycles. The number of anilines is 1. The lowest BCUT2D eigenvalue weighted by Gasteiger charge is -2.27. The number of carbonyl (C=O) groups is 4. The fourth-order valence-corrected chi connectivity index (χ4v) is 4.52. The van der Waals surface area contributed by atoms with E-state index in [9.17, 15) is 24.3 Å². The number of urea groups is 1. The normalized spacial score (nSPS) is 13.4. The minimum atomic E-state index is -1.14. The molecule has 13 nitrogen and oxygen atoms in total. The number of carbonyl (C=O) groups excluding carboxylic acids is 4. The summed E-state index contributed by atoms with van der Waals surface area (Å²) in [5.41, 5.74) is 12.4. The molecule has 13 heteroatoms. The van der Waals surface area contributed by atoms with Gasteiger partial charge in [0, 0.05) is 18.8 Å². The Labute approximate surface area is 265 Å². The van der Waals surface area contributed by atoms with Crippen molar-refractivity contribution in [1.82, 2.24) is 21.3 Å². The van der Waals surface area contributed by atoms with Crippen LogP contribution in [0.2, 0.25) is 0 Å². The summed E-state index contributed by atoms with van der Waals surface area (Å²) < 4.78 is 0. The average Bonchev–Trinajstić information content (AvgIpc) is 2.98. The number of benzene rings is 2. The lowest BCUT2D eigenvalue weighted by molar-refractivity contribution is -0.131. The number of aliphatic hydroxyl groups is 1. The maximum absolute atomic E-state index is 13.2. The smallest absolute Gasteiger partial charge is 0.319 e. The fraction of sp³-hybridized carbons (Fsp3) is 0.469. The first kappa shape index (κ1) is 36.5. The second-order valence-corrected chi connectivity index (χ2v) is 11.3. The van der Waals surface area contributed by atoms with Gasteiger partial charge in [0.1, 0.15) is 12.1 Å². The molecule has 246 valence electrons. The molecule has 0 heterocycles. The van der Waals surface area contributed by atoms with Gasteiger partial charge in [-0.1, -0.05) is 62.4 Å². The van der Waals surface area contributed by atoms with E-state index in [4.69, 9.17) is 11.5 Å². The van der Waals surface area contributed by atoms with Crippen molar-refractivity contribution in [3.8, 4) is 0 Å². The van der Waals surface area contributed by atoms with Crippen LogP contribution in [0.5, 0.6) is 0 Å². The third-order valence-electron chi connectivity index (χ3n) is 6.84. The van der Waals surface area contributed by atoms with Gasteiger partial charge < -0.3 is 43.2 Å². The van der Waals surface area contributed by atoms with E-state index in [0.29, 0.717) is 31.5 Å². The largest absolute Gasteiger partial charge is 0.390 e. The zero-order valence-electron chi connectivity index (χ0n) is 26.3. The predicted octanol–water partition coefficient (Wildman–Crippen LogP) is 1.38. The molecule has 0 unspecified atom stereocenters. The molecule has 2 aromatic carbocycles. The molecule has 0 aromatic heterocycles. The van der Waals surface area contributed by atoms with Crippen molar-refractivity contribution < 1.29 is 24.3 Å². The number of aliphatic hydroxyl groups excluding tert-OH is 1. The summed E-state index contributed by atoms with van der Waals surface area (Å²) in [6.45, 7) is 6.05. The third kappa shape index (κ3) is 15.1. The van der Waals surface area contributed by atoms with Gasteiger partial charge in [-0.25, -0.2) is 4.79 Å². The van der Waals surface area contributed by atoms with Crippen LogP contribution >= 0.6 is 0 Å². The maximum atomic E-state index is 13.2. The third-order valence-corrected chi connectivity index (χ3v) is 6.84. The zero-order valence-corrected chi connectivity index (χ0v) is 26.3. The highest BCUT2D eigenvalue weighted by Crippen LogP contribution is 2.12. The number of nitrogens with zero attached hydrogens (tertiary/aromatic N) is 1. The Balaban J connectivity index is 1.96. The van der Waals surface area contributed by atoms with Crippen LogP contribution in [-0.4, -0.2) is 72.1 Å². The van der Waals surface area contributed by atoms with Gasteiger partial charge >= 0.3 is 6.03 Å². The van der Waals surface area contributed by atoms with Crippen LogP contribution in [0.3, 0.4) is 0 Å². The van der Waals surface area contributed by atoms with Gasteiger partial charge in [0.05, 0.1) is 18.6 Å². The molecule has 2 rings (SSSR count). The highest BCUT2D eigenvalue weighted by Gasteiger charge is 2.29. The molecule has 4 atom stereocenters. The van der Waals surface area contributed by atoms with Crippen molar-refractivity contribution in [3.05, 3.63) is 66.2 Å². The van der Waals surface area contributed by atoms with Gasteiger partial charge in [-0.15, -0.1) is 0 Å². The average molecular weight is 625 g/mol. The number of guanidine groups is 1. The number of hydrogen-bond donors (Lipinski definition) is 8. The quantitative estimate of drug-likeness (QED) is 0.0692. The van der Waals surface area contributed by atoms with Crippen molar-refractivity contribution in [1.29, 1.82) is 0 Å². The number of nitrogens with two attached hydrogens (primary N) is 2.